The summed E-state index contributed by atoms with van der Waals surface area (Å²) in [7, 11) is 0. The quantitative estimate of drug-likeness (QED) is 0.839. The van der Waals surface area contributed by atoms with Gasteiger partial charge >= 0.3 is 5.97 Å². The normalized spacial score (nSPS) is 27.0. The average Bonchev–Trinajstić information content (AvgIpc) is 2.80. The minimum absolute atomic E-state index is 0.102. The number of carboxylic acids is 1. The van der Waals surface area contributed by atoms with E-state index in [1.54, 1.807) is 0 Å². The first-order chi connectivity index (χ1) is 9.11. The van der Waals surface area contributed by atoms with E-state index in [9.17, 15) is 14.7 Å². The molecule has 0 bridgehead atoms. The zero-order valence-corrected chi connectivity index (χ0v) is 11.7. The van der Waals surface area contributed by atoms with Crippen LogP contribution < -0.4 is 0 Å². The highest BCUT2D eigenvalue weighted by atomic mass is 16.4. The number of aliphatic carboxylic acids is 1. The van der Waals surface area contributed by atoms with Crippen LogP contribution in [0.1, 0.15) is 45.4 Å². The molecule has 2 aliphatic heterocycles. The number of carboxylic acid groups (broad SMARTS) is 1. The van der Waals surface area contributed by atoms with Crippen molar-refractivity contribution in [3.05, 3.63) is 0 Å². The highest BCUT2D eigenvalue weighted by molar-refractivity contribution is 5.83. The molecule has 108 valence electrons. The van der Waals surface area contributed by atoms with Gasteiger partial charge in [0.25, 0.3) is 0 Å². The van der Waals surface area contributed by atoms with Gasteiger partial charge in [-0.05, 0) is 39.2 Å². The summed E-state index contributed by atoms with van der Waals surface area (Å²) in [4.78, 5) is 27.6. The van der Waals surface area contributed by atoms with Crippen LogP contribution in [0.4, 0.5) is 0 Å². The van der Waals surface area contributed by atoms with Crippen molar-refractivity contribution < 1.29 is 14.7 Å². The van der Waals surface area contributed by atoms with E-state index in [-0.39, 0.29) is 11.9 Å². The predicted octanol–water partition coefficient (Wildman–Crippen LogP) is 1.33. The molecule has 0 saturated carbocycles. The van der Waals surface area contributed by atoms with E-state index in [1.807, 2.05) is 16.7 Å². The Bertz CT molecular complexity index is 340. The Morgan fingerprint density at radius 2 is 1.68 bits per heavy atom. The van der Waals surface area contributed by atoms with Gasteiger partial charge in [-0.25, -0.2) is 0 Å². The zero-order valence-electron chi connectivity index (χ0n) is 11.7. The van der Waals surface area contributed by atoms with Crippen molar-refractivity contribution in [2.75, 3.05) is 19.6 Å². The van der Waals surface area contributed by atoms with Gasteiger partial charge < -0.3 is 10.0 Å². The van der Waals surface area contributed by atoms with E-state index in [0.717, 1.165) is 51.7 Å². The number of carbonyl (C=O) groups is 2. The average molecular weight is 268 g/mol. The summed E-state index contributed by atoms with van der Waals surface area (Å²) in [6, 6.07) is -0.804. The molecule has 2 saturated heterocycles. The third kappa shape index (κ3) is 3.26. The second kappa shape index (κ2) is 6.37. The Morgan fingerprint density at radius 3 is 2.32 bits per heavy atom. The summed E-state index contributed by atoms with van der Waals surface area (Å²) < 4.78 is 0. The zero-order chi connectivity index (χ0) is 13.8. The van der Waals surface area contributed by atoms with Crippen LogP contribution in [0, 0.1) is 0 Å². The minimum Gasteiger partial charge on any atom is -0.480 e. The molecular weight excluding hydrogens is 244 g/mol. The molecule has 5 heteroatoms. The largest absolute Gasteiger partial charge is 0.480 e. The lowest BCUT2D eigenvalue weighted by atomic mass is 10.1. The molecule has 0 aromatic carbocycles. The number of nitrogens with zero attached hydrogens (tertiary/aromatic N) is 2. The lowest BCUT2D eigenvalue weighted by Crippen LogP contribution is -2.52. The predicted molar refractivity (Wildman–Crippen MR) is 71.9 cm³/mol. The van der Waals surface area contributed by atoms with Crippen molar-refractivity contribution in [3.8, 4) is 0 Å². The fourth-order valence-corrected chi connectivity index (χ4v) is 3.20. The number of hydrogen-bond donors (Lipinski definition) is 1. The number of likely N-dealkylation sites (tertiary alicyclic amines) is 2. The Balaban J connectivity index is 2.06. The fourth-order valence-electron chi connectivity index (χ4n) is 3.20. The monoisotopic (exact) mass is 268 g/mol. The maximum absolute atomic E-state index is 12.4. The summed E-state index contributed by atoms with van der Waals surface area (Å²) in [6.07, 6.45) is 5.79. The Morgan fingerprint density at radius 1 is 1.05 bits per heavy atom. The second-order valence-corrected chi connectivity index (χ2v) is 5.65. The number of carbonyl (C=O) groups excluding carboxylic acids is 1. The summed E-state index contributed by atoms with van der Waals surface area (Å²) in [5.74, 6) is -0.686. The van der Waals surface area contributed by atoms with Crippen LogP contribution in [-0.4, -0.2) is 58.5 Å². The van der Waals surface area contributed by atoms with Crippen molar-refractivity contribution in [1.29, 1.82) is 0 Å². The molecule has 2 fully saturated rings. The molecule has 1 amide bonds. The van der Waals surface area contributed by atoms with Gasteiger partial charge in [0, 0.05) is 13.1 Å². The molecule has 2 unspecified atom stereocenters. The van der Waals surface area contributed by atoms with E-state index in [0.29, 0.717) is 6.42 Å². The third-order valence-corrected chi connectivity index (χ3v) is 4.35. The van der Waals surface area contributed by atoms with Crippen LogP contribution >= 0.6 is 0 Å². The van der Waals surface area contributed by atoms with Crippen molar-refractivity contribution in [1.82, 2.24) is 9.80 Å². The molecule has 1 N–H and O–H groups in total. The third-order valence-electron chi connectivity index (χ3n) is 4.35. The molecule has 2 rings (SSSR count). The summed E-state index contributed by atoms with van der Waals surface area (Å²) in [5, 5.41) is 9.36. The molecule has 0 aliphatic carbocycles. The Labute approximate surface area is 114 Å². The highest BCUT2D eigenvalue weighted by Crippen LogP contribution is 2.21. The molecule has 0 aromatic rings. The van der Waals surface area contributed by atoms with Crippen molar-refractivity contribution in [2.45, 2.75) is 57.5 Å². The van der Waals surface area contributed by atoms with Crippen molar-refractivity contribution in [3.63, 3.8) is 0 Å². The van der Waals surface area contributed by atoms with Gasteiger partial charge in [0.05, 0.1) is 6.04 Å². The van der Waals surface area contributed by atoms with E-state index >= 15 is 0 Å². The molecule has 0 aromatic heterocycles. The van der Waals surface area contributed by atoms with Crippen LogP contribution in [0.3, 0.4) is 0 Å². The first kappa shape index (κ1) is 14.3. The van der Waals surface area contributed by atoms with Gasteiger partial charge in [0.15, 0.2) is 0 Å². The topological polar surface area (TPSA) is 60.9 Å². The second-order valence-electron chi connectivity index (χ2n) is 5.65. The first-order valence-corrected chi connectivity index (χ1v) is 7.38. The van der Waals surface area contributed by atoms with Crippen LogP contribution in [0.2, 0.25) is 0 Å². The highest BCUT2D eigenvalue weighted by Gasteiger charge is 2.35. The number of amides is 1. The molecule has 0 spiro atoms. The van der Waals surface area contributed by atoms with Gasteiger partial charge in [-0.2, -0.15) is 0 Å². The summed E-state index contributed by atoms with van der Waals surface area (Å²) in [6.45, 7) is 4.24. The Kier molecular flexibility index (Phi) is 4.80. The van der Waals surface area contributed by atoms with Gasteiger partial charge in [-0.3, -0.25) is 14.5 Å². The van der Waals surface area contributed by atoms with E-state index in [2.05, 4.69) is 0 Å². The number of rotatable bonds is 3. The van der Waals surface area contributed by atoms with Gasteiger partial charge in [0.1, 0.15) is 6.04 Å². The SMILES string of the molecule is CC(C(=O)N1CCCC1)N1CCCCCC1C(=O)O. The lowest BCUT2D eigenvalue weighted by molar-refractivity contribution is -0.147. The smallest absolute Gasteiger partial charge is 0.320 e. The van der Waals surface area contributed by atoms with Gasteiger partial charge in [0.2, 0.25) is 5.91 Å². The lowest BCUT2D eigenvalue weighted by Gasteiger charge is -2.33. The maximum Gasteiger partial charge on any atom is 0.320 e. The summed E-state index contributed by atoms with van der Waals surface area (Å²) in [5.41, 5.74) is 0. The fraction of sp³-hybridized carbons (Fsp3) is 0.857. The van der Waals surface area contributed by atoms with E-state index < -0.39 is 12.0 Å². The standard InChI is InChI=1S/C14H24N2O3/c1-11(13(17)15-8-5-6-9-15)16-10-4-2-3-7-12(16)14(18)19/h11-12H,2-10H2,1H3,(H,18,19). The molecular formula is C14H24N2O3. The van der Waals surface area contributed by atoms with Gasteiger partial charge in [-0.1, -0.05) is 12.8 Å². The van der Waals surface area contributed by atoms with Gasteiger partial charge in [-0.15, -0.1) is 0 Å². The van der Waals surface area contributed by atoms with E-state index in [1.165, 1.54) is 0 Å². The molecule has 2 aliphatic rings. The molecule has 5 nitrogen and oxygen atoms in total. The molecule has 19 heavy (non-hydrogen) atoms. The van der Waals surface area contributed by atoms with Crippen molar-refractivity contribution in [2.24, 2.45) is 0 Å². The van der Waals surface area contributed by atoms with E-state index in [4.69, 9.17) is 0 Å². The Hall–Kier alpha value is -1.10. The minimum atomic E-state index is -0.789. The van der Waals surface area contributed by atoms with Crippen LogP contribution in [0.5, 0.6) is 0 Å². The summed E-state index contributed by atoms with van der Waals surface area (Å²) >= 11 is 0. The maximum atomic E-state index is 12.4. The molecule has 0 radical (unpaired) electrons. The van der Waals surface area contributed by atoms with Crippen LogP contribution in [0.25, 0.3) is 0 Å². The molecule has 2 atom stereocenters. The van der Waals surface area contributed by atoms with Crippen LogP contribution in [-0.2, 0) is 9.59 Å². The van der Waals surface area contributed by atoms with Crippen LogP contribution in [0.15, 0.2) is 0 Å². The number of hydrogen-bond acceptors (Lipinski definition) is 3. The molecule has 2 heterocycles. The first-order valence-electron chi connectivity index (χ1n) is 7.38. The van der Waals surface area contributed by atoms with Crippen molar-refractivity contribution >= 4 is 11.9 Å².